The highest BCUT2D eigenvalue weighted by Gasteiger charge is 2.38. The van der Waals surface area contributed by atoms with Crippen LogP contribution in [0.15, 0.2) is 42.5 Å². The molecule has 0 bridgehead atoms. The molecule has 1 aromatic carbocycles. The van der Waals surface area contributed by atoms with E-state index in [1.54, 1.807) is 0 Å². The first-order valence-electron chi connectivity index (χ1n) is 7.32. The molecule has 0 amide bonds. The van der Waals surface area contributed by atoms with Crippen molar-refractivity contribution in [2.45, 2.75) is 51.1 Å². The van der Waals surface area contributed by atoms with Crippen LogP contribution in [0.4, 0.5) is 0 Å². The standard InChI is InChI=1S/C17H26O2Si/c1-17(2,3)20(4,5)18-13-15-11-12-16(19-15)14-9-7-6-8-10-14/h6-12,15-16H,13H2,1-5H3/t15-,16-/m0/s1. The molecule has 0 unspecified atom stereocenters. The maximum absolute atomic E-state index is 6.22. The van der Waals surface area contributed by atoms with Crippen molar-refractivity contribution in [3.8, 4) is 0 Å². The molecule has 0 radical (unpaired) electrons. The van der Waals surface area contributed by atoms with Crippen molar-refractivity contribution >= 4 is 8.32 Å². The van der Waals surface area contributed by atoms with E-state index in [-0.39, 0.29) is 17.2 Å². The summed E-state index contributed by atoms with van der Waals surface area (Å²) in [5.41, 5.74) is 1.21. The maximum Gasteiger partial charge on any atom is 0.192 e. The number of rotatable bonds is 4. The molecule has 0 fully saturated rings. The highest BCUT2D eigenvalue weighted by Crippen LogP contribution is 2.37. The van der Waals surface area contributed by atoms with E-state index in [0.29, 0.717) is 6.61 Å². The molecule has 110 valence electrons. The quantitative estimate of drug-likeness (QED) is 0.591. The third-order valence-electron chi connectivity index (χ3n) is 4.36. The molecule has 2 nitrogen and oxygen atoms in total. The molecule has 0 spiro atoms. The van der Waals surface area contributed by atoms with E-state index in [4.69, 9.17) is 9.16 Å². The second-order valence-electron chi connectivity index (χ2n) is 6.96. The van der Waals surface area contributed by atoms with Crippen molar-refractivity contribution in [1.82, 2.24) is 0 Å². The second kappa shape index (κ2) is 5.84. The maximum atomic E-state index is 6.22. The zero-order chi connectivity index (χ0) is 14.8. The zero-order valence-corrected chi connectivity index (χ0v) is 14.2. The van der Waals surface area contributed by atoms with Gasteiger partial charge in [-0.05, 0) is 23.7 Å². The van der Waals surface area contributed by atoms with Crippen LogP contribution in [0.3, 0.4) is 0 Å². The number of benzene rings is 1. The van der Waals surface area contributed by atoms with Crippen LogP contribution in [0.2, 0.25) is 18.1 Å². The molecule has 0 aliphatic carbocycles. The van der Waals surface area contributed by atoms with Gasteiger partial charge in [0, 0.05) is 0 Å². The van der Waals surface area contributed by atoms with Crippen molar-refractivity contribution in [3.63, 3.8) is 0 Å². The molecule has 2 rings (SSSR count). The van der Waals surface area contributed by atoms with Gasteiger partial charge in [0.1, 0.15) is 6.10 Å². The van der Waals surface area contributed by atoms with Crippen LogP contribution in [0.5, 0.6) is 0 Å². The summed E-state index contributed by atoms with van der Waals surface area (Å²) in [6.45, 7) is 12.0. The molecule has 3 heteroatoms. The van der Waals surface area contributed by atoms with Crippen LogP contribution in [-0.2, 0) is 9.16 Å². The predicted octanol–water partition coefficient (Wildman–Crippen LogP) is 4.70. The Morgan fingerprint density at radius 1 is 1.10 bits per heavy atom. The molecule has 0 saturated carbocycles. The lowest BCUT2D eigenvalue weighted by molar-refractivity contribution is 0.0282. The monoisotopic (exact) mass is 290 g/mol. The smallest absolute Gasteiger partial charge is 0.192 e. The first-order chi connectivity index (χ1) is 9.29. The first-order valence-corrected chi connectivity index (χ1v) is 10.2. The van der Waals surface area contributed by atoms with Crippen molar-refractivity contribution in [3.05, 3.63) is 48.0 Å². The molecule has 0 aromatic heterocycles. The van der Waals surface area contributed by atoms with E-state index < -0.39 is 8.32 Å². The zero-order valence-electron chi connectivity index (χ0n) is 13.2. The average Bonchev–Trinajstić information content (AvgIpc) is 2.85. The molecule has 20 heavy (non-hydrogen) atoms. The fourth-order valence-electron chi connectivity index (χ4n) is 1.94. The minimum atomic E-state index is -1.69. The Morgan fingerprint density at radius 2 is 1.75 bits per heavy atom. The minimum Gasteiger partial charge on any atom is -0.414 e. The molecule has 1 aliphatic rings. The van der Waals surface area contributed by atoms with Gasteiger partial charge < -0.3 is 9.16 Å². The summed E-state index contributed by atoms with van der Waals surface area (Å²) < 4.78 is 12.3. The molecule has 2 atom stereocenters. The molecular formula is C17H26O2Si. The van der Waals surface area contributed by atoms with E-state index in [2.05, 4.69) is 58.2 Å². The average molecular weight is 290 g/mol. The summed E-state index contributed by atoms with van der Waals surface area (Å²) in [6.07, 6.45) is 4.42. The largest absolute Gasteiger partial charge is 0.414 e. The topological polar surface area (TPSA) is 18.5 Å². The minimum absolute atomic E-state index is 0.0733. The Morgan fingerprint density at radius 3 is 2.35 bits per heavy atom. The Balaban J connectivity index is 1.88. The van der Waals surface area contributed by atoms with Gasteiger partial charge in [0.25, 0.3) is 0 Å². The van der Waals surface area contributed by atoms with Gasteiger partial charge in [-0.1, -0.05) is 63.3 Å². The Bertz CT molecular complexity index is 460. The van der Waals surface area contributed by atoms with Gasteiger partial charge in [-0.2, -0.15) is 0 Å². The highest BCUT2D eigenvalue weighted by molar-refractivity contribution is 6.74. The van der Waals surface area contributed by atoms with Crippen molar-refractivity contribution in [2.24, 2.45) is 0 Å². The van der Waals surface area contributed by atoms with Gasteiger partial charge in [-0.3, -0.25) is 0 Å². The van der Waals surface area contributed by atoms with Crippen LogP contribution in [0, 0.1) is 0 Å². The molecule has 1 aliphatic heterocycles. The normalized spacial score (nSPS) is 23.2. The predicted molar refractivity (Wildman–Crippen MR) is 86.3 cm³/mol. The lowest BCUT2D eigenvalue weighted by atomic mass is 10.1. The van der Waals surface area contributed by atoms with Gasteiger partial charge in [0.15, 0.2) is 8.32 Å². The third kappa shape index (κ3) is 3.60. The summed E-state index contributed by atoms with van der Waals surface area (Å²) in [7, 11) is -1.69. The van der Waals surface area contributed by atoms with Gasteiger partial charge in [-0.25, -0.2) is 0 Å². The van der Waals surface area contributed by atoms with Gasteiger partial charge in [0.05, 0.1) is 12.7 Å². The van der Waals surface area contributed by atoms with Crippen molar-refractivity contribution in [2.75, 3.05) is 6.61 Å². The van der Waals surface area contributed by atoms with Crippen LogP contribution in [0.1, 0.15) is 32.4 Å². The summed E-state index contributed by atoms with van der Waals surface area (Å²) in [6, 6.07) is 10.3. The van der Waals surface area contributed by atoms with Gasteiger partial charge in [-0.15, -0.1) is 0 Å². The van der Waals surface area contributed by atoms with Gasteiger partial charge >= 0.3 is 0 Å². The Labute approximate surface area is 123 Å². The van der Waals surface area contributed by atoms with E-state index in [9.17, 15) is 0 Å². The van der Waals surface area contributed by atoms with E-state index in [1.165, 1.54) is 5.56 Å². The molecule has 0 saturated heterocycles. The van der Waals surface area contributed by atoms with E-state index >= 15 is 0 Å². The first kappa shape index (κ1) is 15.5. The van der Waals surface area contributed by atoms with Crippen LogP contribution >= 0.6 is 0 Å². The van der Waals surface area contributed by atoms with Crippen molar-refractivity contribution < 1.29 is 9.16 Å². The van der Waals surface area contributed by atoms with E-state index in [1.807, 2.05) is 18.2 Å². The van der Waals surface area contributed by atoms with Crippen LogP contribution < -0.4 is 0 Å². The van der Waals surface area contributed by atoms with Crippen LogP contribution in [0.25, 0.3) is 0 Å². The summed E-state index contributed by atoms with van der Waals surface area (Å²) >= 11 is 0. The fraction of sp³-hybridized carbons (Fsp3) is 0.529. The highest BCUT2D eigenvalue weighted by atomic mass is 28.4. The van der Waals surface area contributed by atoms with Gasteiger partial charge in [0.2, 0.25) is 0 Å². The number of hydrogen-bond donors (Lipinski definition) is 0. The van der Waals surface area contributed by atoms with E-state index in [0.717, 1.165) is 0 Å². The molecule has 1 heterocycles. The van der Waals surface area contributed by atoms with Crippen molar-refractivity contribution in [1.29, 1.82) is 0 Å². The summed E-state index contributed by atoms with van der Waals surface area (Å²) in [5.74, 6) is 0. The fourth-order valence-corrected chi connectivity index (χ4v) is 2.95. The number of ether oxygens (including phenoxy) is 1. The SMILES string of the molecule is CC(C)(C)[Si](C)(C)OC[C@@H]1C=C[C@@H](c2ccccc2)O1. The molecular weight excluding hydrogens is 264 g/mol. The molecule has 0 N–H and O–H groups in total. The Kier molecular flexibility index (Phi) is 4.52. The second-order valence-corrected chi connectivity index (χ2v) is 11.8. The summed E-state index contributed by atoms with van der Waals surface area (Å²) in [4.78, 5) is 0. The third-order valence-corrected chi connectivity index (χ3v) is 8.87. The van der Waals surface area contributed by atoms with Crippen LogP contribution in [-0.4, -0.2) is 21.0 Å². The lowest BCUT2D eigenvalue weighted by Gasteiger charge is -2.36. The number of hydrogen-bond acceptors (Lipinski definition) is 2. The molecule has 1 aromatic rings. The summed E-state index contributed by atoms with van der Waals surface area (Å²) in [5, 5.41) is 0.244. The lowest BCUT2D eigenvalue weighted by Crippen LogP contribution is -2.42. The Hall–Kier alpha value is -0.903.